The Morgan fingerprint density at radius 1 is 1.37 bits per heavy atom. The van der Waals surface area contributed by atoms with Crippen molar-refractivity contribution >= 4 is 34.5 Å². The molecule has 0 aliphatic heterocycles. The van der Waals surface area contributed by atoms with E-state index in [9.17, 15) is 4.79 Å². The van der Waals surface area contributed by atoms with Crippen LogP contribution in [-0.4, -0.2) is 38.0 Å². The maximum absolute atomic E-state index is 12.4. The highest BCUT2D eigenvalue weighted by Crippen LogP contribution is 2.31. The van der Waals surface area contributed by atoms with Crippen molar-refractivity contribution in [1.29, 1.82) is 0 Å². The molecule has 0 unspecified atom stereocenters. The lowest BCUT2D eigenvalue weighted by Gasteiger charge is -2.14. The summed E-state index contributed by atoms with van der Waals surface area (Å²) >= 11 is 1.38. The Kier molecular flexibility index (Phi) is 5.33. The molecule has 1 amide bonds. The van der Waals surface area contributed by atoms with Crippen molar-refractivity contribution in [2.45, 2.75) is 43.8 Å². The molecule has 1 aliphatic carbocycles. The van der Waals surface area contributed by atoms with E-state index in [0.717, 1.165) is 40.6 Å². The van der Waals surface area contributed by atoms with Crippen molar-refractivity contribution in [2.24, 2.45) is 0 Å². The Balaban J connectivity index is 1.37. The molecule has 142 valence electrons. The number of nitrogens with zero attached hydrogens (tertiary/aromatic N) is 3. The van der Waals surface area contributed by atoms with Crippen molar-refractivity contribution in [3.8, 4) is 5.75 Å². The van der Waals surface area contributed by atoms with Crippen molar-refractivity contribution < 1.29 is 9.53 Å². The number of rotatable bonds is 7. The fraction of sp³-hybridized carbons (Fsp3) is 0.421. The molecule has 0 bridgehead atoms. The van der Waals surface area contributed by atoms with Crippen molar-refractivity contribution in [1.82, 2.24) is 19.7 Å². The predicted molar refractivity (Wildman–Crippen MR) is 106 cm³/mol. The average molecular weight is 385 g/mol. The zero-order valence-corrected chi connectivity index (χ0v) is 16.1. The number of ether oxygens (including phenoxy) is 1. The number of aromatic amines is 1. The van der Waals surface area contributed by atoms with E-state index in [0.29, 0.717) is 12.6 Å². The summed E-state index contributed by atoms with van der Waals surface area (Å²) in [5, 5.41) is 8.08. The van der Waals surface area contributed by atoms with Crippen molar-refractivity contribution in [3.63, 3.8) is 0 Å². The smallest absolute Gasteiger partial charge is 0.235 e. The number of fused-ring (bicyclic) bond motifs is 1. The fourth-order valence-electron chi connectivity index (χ4n) is 3.46. The Hall–Kier alpha value is -2.48. The molecule has 1 aliphatic rings. The molecule has 1 aromatic carbocycles. The highest BCUT2D eigenvalue weighted by Gasteiger charge is 2.20. The van der Waals surface area contributed by atoms with Crippen LogP contribution in [0.1, 0.15) is 38.6 Å². The van der Waals surface area contributed by atoms with E-state index < -0.39 is 0 Å². The van der Waals surface area contributed by atoms with Crippen LogP contribution in [0, 0.1) is 0 Å². The molecule has 0 saturated heterocycles. The second-order valence-corrected chi connectivity index (χ2v) is 7.55. The molecule has 0 radical (unpaired) electrons. The van der Waals surface area contributed by atoms with Gasteiger partial charge in [-0.1, -0.05) is 24.6 Å². The van der Waals surface area contributed by atoms with Crippen LogP contribution in [0.15, 0.2) is 35.6 Å². The molecule has 4 rings (SSSR count). The van der Waals surface area contributed by atoms with Crippen LogP contribution in [0.25, 0.3) is 11.0 Å². The maximum atomic E-state index is 12.4. The molecular weight excluding hydrogens is 362 g/mol. The second-order valence-electron chi connectivity index (χ2n) is 6.59. The van der Waals surface area contributed by atoms with Crippen LogP contribution in [0.2, 0.25) is 0 Å². The Morgan fingerprint density at radius 2 is 2.22 bits per heavy atom. The van der Waals surface area contributed by atoms with Crippen LogP contribution in [0.4, 0.5) is 5.82 Å². The quantitative estimate of drug-likeness (QED) is 0.601. The summed E-state index contributed by atoms with van der Waals surface area (Å²) in [6, 6.07) is 8.00. The summed E-state index contributed by atoms with van der Waals surface area (Å²) in [6.07, 6.45) is 6.45. The van der Waals surface area contributed by atoms with Gasteiger partial charge in [0.1, 0.15) is 11.6 Å². The van der Waals surface area contributed by atoms with E-state index in [2.05, 4.69) is 20.4 Å². The first-order valence-electron chi connectivity index (χ1n) is 9.31. The lowest BCUT2D eigenvalue weighted by Crippen LogP contribution is -2.19. The van der Waals surface area contributed by atoms with Crippen molar-refractivity contribution in [2.75, 3.05) is 17.7 Å². The van der Waals surface area contributed by atoms with Gasteiger partial charge in [0.05, 0.1) is 35.6 Å². The van der Waals surface area contributed by atoms with E-state index in [1.807, 2.05) is 35.9 Å². The van der Waals surface area contributed by atoms with E-state index >= 15 is 0 Å². The van der Waals surface area contributed by atoms with Crippen LogP contribution in [0.5, 0.6) is 5.75 Å². The molecule has 8 heteroatoms. The van der Waals surface area contributed by atoms with Gasteiger partial charge >= 0.3 is 0 Å². The van der Waals surface area contributed by atoms with Gasteiger partial charge in [-0.2, -0.15) is 5.10 Å². The molecule has 3 aromatic rings. The number of nitrogens with one attached hydrogen (secondary N) is 2. The molecule has 0 spiro atoms. The Morgan fingerprint density at radius 3 is 3.04 bits per heavy atom. The number of benzene rings is 1. The summed E-state index contributed by atoms with van der Waals surface area (Å²) in [6.45, 7) is 2.58. The highest BCUT2D eigenvalue weighted by atomic mass is 32.2. The molecule has 2 heterocycles. The summed E-state index contributed by atoms with van der Waals surface area (Å²) in [5.74, 6) is 1.81. The molecule has 7 nitrogen and oxygen atoms in total. The van der Waals surface area contributed by atoms with E-state index in [1.54, 1.807) is 6.20 Å². The number of aromatic nitrogens is 4. The van der Waals surface area contributed by atoms with E-state index in [-0.39, 0.29) is 11.7 Å². The van der Waals surface area contributed by atoms with Gasteiger partial charge in [0.25, 0.3) is 0 Å². The topological polar surface area (TPSA) is 84.8 Å². The van der Waals surface area contributed by atoms with Crippen LogP contribution in [0.3, 0.4) is 0 Å². The number of carbonyl (C=O) groups excluding carboxylic acids is 1. The number of hydrogen-bond acceptors (Lipinski definition) is 5. The largest absolute Gasteiger partial charge is 0.494 e. The first-order valence-corrected chi connectivity index (χ1v) is 10.3. The van der Waals surface area contributed by atoms with Gasteiger partial charge in [0.2, 0.25) is 5.91 Å². The lowest BCUT2D eigenvalue weighted by atomic mass is 10.2. The molecule has 1 saturated carbocycles. The van der Waals surface area contributed by atoms with E-state index in [4.69, 9.17) is 4.74 Å². The summed E-state index contributed by atoms with van der Waals surface area (Å²) in [7, 11) is 0. The number of carbonyl (C=O) groups is 1. The number of hydrogen-bond donors (Lipinski definition) is 2. The normalized spacial score (nSPS) is 14.7. The summed E-state index contributed by atoms with van der Waals surface area (Å²) < 4.78 is 7.46. The zero-order chi connectivity index (χ0) is 18.6. The van der Waals surface area contributed by atoms with Crippen molar-refractivity contribution in [3.05, 3.63) is 30.5 Å². The van der Waals surface area contributed by atoms with Gasteiger partial charge in [-0.25, -0.2) is 9.67 Å². The number of amides is 1. The Labute approximate surface area is 161 Å². The number of imidazole rings is 1. The minimum atomic E-state index is -0.0600. The molecule has 2 aromatic heterocycles. The minimum absolute atomic E-state index is 0.0600. The average Bonchev–Trinajstić information content (AvgIpc) is 3.40. The zero-order valence-electron chi connectivity index (χ0n) is 15.3. The van der Waals surface area contributed by atoms with Crippen LogP contribution in [-0.2, 0) is 4.79 Å². The van der Waals surface area contributed by atoms with Crippen LogP contribution >= 0.6 is 11.8 Å². The summed E-state index contributed by atoms with van der Waals surface area (Å²) in [4.78, 5) is 20.1. The maximum Gasteiger partial charge on any atom is 0.235 e. The molecule has 1 fully saturated rings. The van der Waals surface area contributed by atoms with Crippen LogP contribution < -0.4 is 10.1 Å². The van der Waals surface area contributed by atoms with Gasteiger partial charge in [-0.15, -0.1) is 0 Å². The minimum Gasteiger partial charge on any atom is -0.494 e. The summed E-state index contributed by atoms with van der Waals surface area (Å²) in [5.41, 5.74) is 1.77. The third kappa shape index (κ3) is 4.10. The standard InChI is InChI=1S/C19H23N5O2S/c1-2-26-14-7-8-15-16(11-14)22-19(21-15)27-12-18(25)23-17-9-10-20-24(17)13-5-3-4-6-13/h7-11,13H,2-6,12H2,1H3,(H,21,22)(H,23,25). The Bertz CT molecular complexity index is 929. The first-order chi connectivity index (χ1) is 13.2. The predicted octanol–water partition coefficient (Wildman–Crippen LogP) is 4.00. The van der Waals surface area contributed by atoms with Gasteiger partial charge in [-0.05, 0) is 31.9 Å². The van der Waals surface area contributed by atoms with Gasteiger partial charge in [-0.3, -0.25) is 4.79 Å². The lowest BCUT2D eigenvalue weighted by molar-refractivity contribution is -0.113. The molecular formula is C19H23N5O2S. The molecule has 27 heavy (non-hydrogen) atoms. The second kappa shape index (κ2) is 8.04. The third-order valence-corrected chi connectivity index (χ3v) is 5.56. The van der Waals surface area contributed by atoms with Gasteiger partial charge < -0.3 is 15.0 Å². The number of anilines is 1. The number of thioether (sulfide) groups is 1. The van der Waals surface area contributed by atoms with E-state index in [1.165, 1.54) is 24.6 Å². The van der Waals surface area contributed by atoms with Gasteiger partial charge in [0, 0.05) is 12.1 Å². The molecule has 0 atom stereocenters. The number of H-pyrrole nitrogens is 1. The molecule has 2 N–H and O–H groups in total. The first kappa shape index (κ1) is 17.9. The monoisotopic (exact) mass is 385 g/mol. The highest BCUT2D eigenvalue weighted by molar-refractivity contribution is 7.99. The fourth-order valence-corrected chi connectivity index (χ4v) is 4.14. The third-order valence-electron chi connectivity index (χ3n) is 4.69. The SMILES string of the molecule is CCOc1ccc2nc(SCC(=O)Nc3ccnn3C3CCCC3)[nH]c2c1. The van der Waals surface area contributed by atoms with Gasteiger partial charge in [0.15, 0.2) is 5.16 Å².